The van der Waals surface area contributed by atoms with Gasteiger partial charge in [-0.2, -0.15) is 0 Å². The van der Waals surface area contributed by atoms with Gasteiger partial charge in [-0.25, -0.2) is 0 Å². The number of para-hydroxylation sites is 1. The highest BCUT2D eigenvalue weighted by molar-refractivity contribution is 8.18. The van der Waals surface area contributed by atoms with E-state index in [9.17, 15) is 14.4 Å². The topological polar surface area (TPSA) is 75.7 Å². The van der Waals surface area contributed by atoms with Gasteiger partial charge in [0, 0.05) is 13.1 Å². The first-order valence-electron chi connectivity index (χ1n) is 8.80. The van der Waals surface area contributed by atoms with E-state index >= 15 is 0 Å². The summed E-state index contributed by atoms with van der Waals surface area (Å²) in [5.74, 6) is -0.00560. The molecule has 1 aliphatic rings. The molecule has 1 aliphatic heterocycles. The number of benzene rings is 2. The quantitative estimate of drug-likeness (QED) is 0.728. The number of ether oxygens (including phenoxy) is 1. The Labute approximate surface area is 167 Å². The molecule has 0 spiro atoms. The lowest BCUT2D eigenvalue weighted by molar-refractivity contribution is -0.125. The van der Waals surface area contributed by atoms with Gasteiger partial charge in [-0.1, -0.05) is 48.5 Å². The minimum absolute atomic E-state index is 0.118. The highest BCUT2D eigenvalue weighted by Crippen LogP contribution is 2.31. The number of hydrogen-bond donors (Lipinski definition) is 1. The van der Waals surface area contributed by atoms with Crippen LogP contribution < -0.4 is 10.1 Å². The van der Waals surface area contributed by atoms with E-state index in [4.69, 9.17) is 4.74 Å². The Morgan fingerprint density at radius 2 is 1.82 bits per heavy atom. The maximum Gasteiger partial charge on any atom is 0.293 e. The summed E-state index contributed by atoms with van der Waals surface area (Å²) in [4.78, 5) is 38.0. The van der Waals surface area contributed by atoms with Gasteiger partial charge >= 0.3 is 0 Å². The van der Waals surface area contributed by atoms with Crippen LogP contribution in [0.1, 0.15) is 11.1 Å². The van der Waals surface area contributed by atoms with E-state index in [1.165, 1.54) is 0 Å². The lowest BCUT2D eigenvalue weighted by Gasteiger charge is -2.13. The SMILES string of the molecule is Cc1ccccc1OCC(=O)NCCN1C(=O)S/C(=C\c2ccccc2)C1=O. The van der Waals surface area contributed by atoms with E-state index in [0.717, 1.165) is 27.8 Å². The molecule has 0 aromatic heterocycles. The molecule has 1 fully saturated rings. The van der Waals surface area contributed by atoms with Gasteiger partial charge in [-0.15, -0.1) is 0 Å². The molecule has 2 aromatic rings. The Morgan fingerprint density at radius 1 is 1.11 bits per heavy atom. The molecule has 1 N–H and O–H groups in total. The standard InChI is InChI=1S/C21H20N2O4S/c1-15-7-5-6-10-17(15)27-14-19(24)22-11-12-23-20(25)18(28-21(23)26)13-16-8-3-2-4-9-16/h2-10,13H,11-12,14H2,1H3,(H,22,24)/b18-13-. The summed E-state index contributed by atoms with van der Waals surface area (Å²) in [5.41, 5.74) is 1.80. The van der Waals surface area contributed by atoms with Gasteiger partial charge in [0.2, 0.25) is 0 Å². The number of hydrogen-bond acceptors (Lipinski definition) is 5. The summed E-state index contributed by atoms with van der Waals surface area (Å²) in [6.45, 7) is 2.07. The van der Waals surface area contributed by atoms with Crippen molar-refractivity contribution in [3.05, 3.63) is 70.6 Å². The van der Waals surface area contributed by atoms with E-state index in [1.807, 2.05) is 55.5 Å². The Bertz CT molecular complexity index is 912. The molecule has 0 bridgehead atoms. The summed E-state index contributed by atoms with van der Waals surface area (Å²) in [6, 6.07) is 16.8. The molecule has 0 saturated carbocycles. The van der Waals surface area contributed by atoms with Crippen LogP contribution in [0.25, 0.3) is 6.08 Å². The molecule has 0 unspecified atom stereocenters. The summed E-state index contributed by atoms with van der Waals surface area (Å²) in [7, 11) is 0. The third kappa shape index (κ3) is 5.01. The molecular weight excluding hydrogens is 376 g/mol. The number of rotatable bonds is 7. The molecule has 144 valence electrons. The normalized spacial score (nSPS) is 15.2. The fourth-order valence-corrected chi connectivity index (χ4v) is 3.48. The van der Waals surface area contributed by atoms with E-state index in [1.54, 1.807) is 12.1 Å². The molecule has 0 aliphatic carbocycles. The lowest BCUT2D eigenvalue weighted by atomic mass is 10.2. The van der Waals surface area contributed by atoms with Crippen molar-refractivity contribution in [1.29, 1.82) is 0 Å². The molecule has 2 aromatic carbocycles. The van der Waals surface area contributed by atoms with E-state index in [-0.39, 0.29) is 36.7 Å². The highest BCUT2D eigenvalue weighted by Gasteiger charge is 2.34. The summed E-state index contributed by atoms with van der Waals surface area (Å²) >= 11 is 0.906. The Morgan fingerprint density at radius 3 is 2.57 bits per heavy atom. The third-order valence-corrected chi connectivity index (χ3v) is 4.99. The second-order valence-corrected chi connectivity index (χ2v) is 7.14. The van der Waals surface area contributed by atoms with Crippen LogP contribution in [0.2, 0.25) is 0 Å². The van der Waals surface area contributed by atoms with Gasteiger partial charge in [-0.05, 0) is 42.0 Å². The zero-order valence-corrected chi connectivity index (χ0v) is 16.2. The lowest BCUT2D eigenvalue weighted by Crippen LogP contribution is -2.38. The number of nitrogens with zero attached hydrogens (tertiary/aromatic N) is 1. The number of carbonyl (C=O) groups excluding carboxylic acids is 3. The van der Waals surface area contributed by atoms with E-state index < -0.39 is 0 Å². The smallest absolute Gasteiger partial charge is 0.293 e. The minimum atomic E-state index is -0.343. The second kappa shape index (κ2) is 9.23. The Balaban J connectivity index is 1.47. The van der Waals surface area contributed by atoms with Gasteiger partial charge in [0.1, 0.15) is 5.75 Å². The maximum atomic E-state index is 12.4. The average molecular weight is 396 g/mol. The van der Waals surface area contributed by atoms with Crippen LogP contribution in [-0.2, 0) is 9.59 Å². The molecule has 7 heteroatoms. The van der Waals surface area contributed by atoms with Crippen molar-refractivity contribution in [1.82, 2.24) is 10.2 Å². The van der Waals surface area contributed by atoms with Gasteiger partial charge in [0.15, 0.2) is 6.61 Å². The molecule has 1 saturated heterocycles. The van der Waals surface area contributed by atoms with Gasteiger partial charge in [-0.3, -0.25) is 19.3 Å². The fourth-order valence-electron chi connectivity index (χ4n) is 2.61. The molecule has 0 atom stereocenters. The van der Waals surface area contributed by atoms with Crippen LogP contribution >= 0.6 is 11.8 Å². The number of aryl methyl sites for hydroxylation is 1. The average Bonchev–Trinajstić information content (AvgIpc) is 2.95. The molecule has 1 heterocycles. The number of thioether (sulfide) groups is 1. The van der Waals surface area contributed by atoms with Crippen LogP contribution in [0.3, 0.4) is 0 Å². The predicted octanol–water partition coefficient (Wildman–Crippen LogP) is 3.23. The molecular formula is C21H20N2O4S. The number of carbonyl (C=O) groups is 3. The maximum absolute atomic E-state index is 12.4. The Hall–Kier alpha value is -3.06. The van der Waals surface area contributed by atoms with Gasteiger partial charge in [0.05, 0.1) is 4.91 Å². The van der Waals surface area contributed by atoms with Gasteiger partial charge < -0.3 is 10.1 Å². The number of imide groups is 1. The first kappa shape index (κ1) is 19.7. The number of amides is 3. The zero-order chi connectivity index (χ0) is 19.9. The number of nitrogens with one attached hydrogen (secondary N) is 1. The van der Waals surface area contributed by atoms with Crippen molar-refractivity contribution in [2.75, 3.05) is 19.7 Å². The zero-order valence-electron chi connectivity index (χ0n) is 15.4. The van der Waals surface area contributed by atoms with Gasteiger partial charge in [0.25, 0.3) is 17.1 Å². The second-order valence-electron chi connectivity index (χ2n) is 6.15. The van der Waals surface area contributed by atoms with Crippen molar-refractivity contribution in [3.63, 3.8) is 0 Å². The van der Waals surface area contributed by atoms with Crippen molar-refractivity contribution in [3.8, 4) is 5.75 Å². The van der Waals surface area contributed by atoms with Crippen molar-refractivity contribution in [2.45, 2.75) is 6.92 Å². The minimum Gasteiger partial charge on any atom is -0.484 e. The Kier molecular flexibility index (Phi) is 6.49. The fraction of sp³-hybridized carbons (Fsp3) is 0.190. The third-order valence-electron chi connectivity index (χ3n) is 4.08. The first-order valence-corrected chi connectivity index (χ1v) is 9.62. The van der Waals surface area contributed by atoms with Crippen molar-refractivity contribution < 1.29 is 19.1 Å². The molecule has 6 nitrogen and oxygen atoms in total. The monoisotopic (exact) mass is 396 g/mol. The van der Waals surface area contributed by atoms with Crippen LogP contribution in [0.4, 0.5) is 4.79 Å². The van der Waals surface area contributed by atoms with Crippen LogP contribution in [0.5, 0.6) is 5.75 Å². The molecule has 3 rings (SSSR count). The molecule has 3 amide bonds. The van der Waals surface area contributed by atoms with Crippen LogP contribution in [0, 0.1) is 6.92 Å². The summed E-state index contributed by atoms with van der Waals surface area (Å²) in [6.07, 6.45) is 1.69. The van der Waals surface area contributed by atoms with Crippen molar-refractivity contribution in [2.24, 2.45) is 0 Å². The molecule has 28 heavy (non-hydrogen) atoms. The van der Waals surface area contributed by atoms with Crippen LogP contribution in [0.15, 0.2) is 59.5 Å². The summed E-state index contributed by atoms with van der Waals surface area (Å²) in [5, 5.41) is 2.33. The van der Waals surface area contributed by atoms with Crippen molar-refractivity contribution >= 4 is 34.9 Å². The summed E-state index contributed by atoms with van der Waals surface area (Å²) < 4.78 is 5.47. The van der Waals surface area contributed by atoms with E-state index in [2.05, 4.69) is 5.32 Å². The first-order chi connectivity index (χ1) is 13.5. The van der Waals surface area contributed by atoms with Crippen LogP contribution in [-0.4, -0.2) is 41.6 Å². The predicted molar refractivity (Wildman–Crippen MR) is 109 cm³/mol. The highest BCUT2D eigenvalue weighted by atomic mass is 32.2. The largest absolute Gasteiger partial charge is 0.484 e. The molecule has 0 radical (unpaired) electrons. The van der Waals surface area contributed by atoms with E-state index in [0.29, 0.717) is 10.7 Å².